The summed E-state index contributed by atoms with van der Waals surface area (Å²) in [6.07, 6.45) is 6.11. The van der Waals surface area contributed by atoms with Crippen molar-refractivity contribution in [2.24, 2.45) is 17.8 Å². The Morgan fingerprint density at radius 3 is 2.60 bits per heavy atom. The first-order chi connectivity index (χ1) is 4.79. The van der Waals surface area contributed by atoms with Crippen LogP contribution < -0.4 is 0 Å². The van der Waals surface area contributed by atoms with Crippen LogP contribution in [0.25, 0.3) is 0 Å². The second kappa shape index (κ2) is 3.23. The molecule has 0 aliphatic heterocycles. The van der Waals surface area contributed by atoms with Crippen LogP contribution in [-0.2, 0) is 0 Å². The molecule has 3 unspecified atom stereocenters. The topological polar surface area (TPSA) is 0 Å². The molecular weight excluding hydrogens is 120 g/mol. The van der Waals surface area contributed by atoms with Crippen LogP contribution in [0.5, 0.6) is 0 Å². The molecule has 0 heterocycles. The van der Waals surface area contributed by atoms with Gasteiger partial charge in [-0.25, -0.2) is 0 Å². The third-order valence-corrected chi connectivity index (χ3v) is 3.09. The van der Waals surface area contributed by atoms with E-state index in [9.17, 15) is 0 Å². The summed E-state index contributed by atoms with van der Waals surface area (Å²) in [7, 11) is 0. The van der Waals surface area contributed by atoms with Crippen molar-refractivity contribution in [2.45, 2.75) is 33.1 Å². The van der Waals surface area contributed by atoms with Gasteiger partial charge < -0.3 is 0 Å². The lowest BCUT2D eigenvalue weighted by molar-refractivity contribution is 0.0868. The van der Waals surface area contributed by atoms with Crippen LogP contribution in [0.2, 0.25) is 0 Å². The maximum Gasteiger partial charge on any atom is -0.0322 e. The molecule has 0 spiro atoms. The molecule has 3 atom stereocenters. The lowest BCUT2D eigenvalue weighted by atomic mass is 9.63. The Labute approximate surface area is 64.3 Å². The Kier molecular flexibility index (Phi) is 2.53. The number of hydrogen-bond acceptors (Lipinski definition) is 0. The maximum atomic E-state index is 3.77. The summed E-state index contributed by atoms with van der Waals surface area (Å²) in [6.45, 7) is 8.45. The fourth-order valence-corrected chi connectivity index (χ4v) is 2.07. The average molecular weight is 138 g/mol. The maximum absolute atomic E-state index is 3.77. The van der Waals surface area contributed by atoms with Gasteiger partial charge in [-0.15, -0.1) is 6.58 Å². The quantitative estimate of drug-likeness (QED) is 0.525. The minimum absolute atomic E-state index is 0.961. The van der Waals surface area contributed by atoms with Gasteiger partial charge in [-0.05, 0) is 30.6 Å². The molecule has 0 nitrogen and oxygen atoms in total. The van der Waals surface area contributed by atoms with Crippen molar-refractivity contribution in [1.29, 1.82) is 0 Å². The SMILES string of the molecule is C=CCC1CC(CC)C1C. The minimum atomic E-state index is 0.961. The third-order valence-electron chi connectivity index (χ3n) is 3.09. The fraction of sp³-hybridized carbons (Fsp3) is 0.800. The molecular formula is C10H18. The monoisotopic (exact) mass is 138 g/mol. The van der Waals surface area contributed by atoms with Crippen LogP contribution in [0.1, 0.15) is 33.1 Å². The summed E-state index contributed by atoms with van der Waals surface area (Å²) in [6, 6.07) is 0. The van der Waals surface area contributed by atoms with Gasteiger partial charge in [0, 0.05) is 0 Å². The summed E-state index contributed by atoms with van der Waals surface area (Å²) < 4.78 is 0. The summed E-state index contributed by atoms with van der Waals surface area (Å²) in [5.74, 6) is 2.94. The molecule has 1 aliphatic rings. The molecule has 1 fully saturated rings. The van der Waals surface area contributed by atoms with Crippen molar-refractivity contribution in [3.05, 3.63) is 12.7 Å². The van der Waals surface area contributed by atoms with Crippen LogP contribution in [0.4, 0.5) is 0 Å². The highest BCUT2D eigenvalue weighted by Crippen LogP contribution is 2.43. The lowest BCUT2D eigenvalue weighted by Crippen LogP contribution is -2.33. The summed E-state index contributed by atoms with van der Waals surface area (Å²) >= 11 is 0. The first kappa shape index (κ1) is 7.84. The molecule has 58 valence electrons. The zero-order valence-corrected chi connectivity index (χ0v) is 7.14. The standard InChI is InChI=1S/C10H18/c1-4-6-10-7-9(5-2)8(10)3/h4,8-10H,1,5-7H2,2-3H3. The molecule has 0 radical (unpaired) electrons. The van der Waals surface area contributed by atoms with Crippen LogP contribution in [0.15, 0.2) is 12.7 Å². The van der Waals surface area contributed by atoms with E-state index in [1.807, 2.05) is 0 Å². The van der Waals surface area contributed by atoms with Crippen molar-refractivity contribution in [2.75, 3.05) is 0 Å². The molecule has 0 heteroatoms. The van der Waals surface area contributed by atoms with E-state index >= 15 is 0 Å². The Morgan fingerprint density at radius 2 is 2.20 bits per heavy atom. The van der Waals surface area contributed by atoms with E-state index in [1.165, 1.54) is 19.3 Å². The Hall–Kier alpha value is -0.260. The summed E-state index contributed by atoms with van der Waals surface area (Å²) in [5.41, 5.74) is 0. The molecule has 0 aromatic rings. The molecule has 0 bridgehead atoms. The summed E-state index contributed by atoms with van der Waals surface area (Å²) in [5, 5.41) is 0. The molecule has 0 aromatic carbocycles. The highest BCUT2D eigenvalue weighted by atomic mass is 14.4. The molecule has 1 rings (SSSR count). The normalized spacial score (nSPS) is 38.8. The minimum Gasteiger partial charge on any atom is -0.103 e. The van der Waals surface area contributed by atoms with Crippen LogP contribution in [0.3, 0.4) is 0 Å². The molecule has 10 heavy (non-hydrogen) atoms. The van der Waals surface area contributed by atoms with Crippen molar-refractivity contribution in [3.63, 3.8) is 0 Å². The van der Waals surface area contributed by atoms with Gasteiger partial charge in [-0.3, -0.25) is 0 Å². The van der Waals surface area contributed by atoms with E-state index in [0.717, 1.165) is 17.8 Å². The van der Waals surface area contributed by atoms with Crippen molar-refractivity contribution in [1.82, 2.24) is 0 Å². The van der Waals surface area contributed by atoms with Crippen LogP contribution in [0, 0.1) is 17.8 Å². The van der Waals surface area contributed by atoms with E-state index in [1.54, 1.807) is 0 Å². The van der Waals surface area contributed by atoms with Crippen molar-refractivity contribution >= 4 is 0 Å². The number of rotatable bonds is 3. The first-order valence-corrected chi connectivity index (χ1v) is 4.40. The zero-order valence-electron chi connectivity index (χ0n) is 7.14. The van der Waals surface area contributed by atoms with E-state index < -0.39 is 0 Å². The average Bonchev–Trinajstić information content (AvgIpc) is 1.96. The zero-order chi connectivity index (χ0) is 7.56. The highest BCUT2D eigenvalue weighted by Gasteiger charge is 2.34. The molecule has 1 aliphatic carbocycles. The second-order valence-corrected chi connectivity index (χ2v) is 3.55. The summed E-state index contributed by atoms with van der Waals surface area (Å²) in [4.78, 5) is 0. The molecule has 0 N–H and O–H groups in total. The predicted molar refractivity (Wildman–Crippen MR) is 45.9 cm³/mol. The van der Waals surface area contributed by atoms with Crippen molar-refractivity contribution in [3.8, 4) is 0 Å². The second-order valence-electron chi connectivity index (χ2n) is 3.55. The van der Waals surface area contributed by atoms with E-state index in [4.69, 9.17) is 0 Å². The molecule has 0 saturated heterocycles. The lowest BCUT2D eigenvalue weighted by Gasteiger charge is -2.42. The van der Waals surface area contributed by atoms with E-state index in [0.29, 0.717) is 0 Å². The highest BCUT2D eigenvalue weighted by molar-refractivity contribution is 4.89. The Bertz CT molecular complexity index is 115. The van der Waals surface area contributed by atoms with Gasteiger partial charge in [-0.2, -0.15) is 0 Å². The third kappa shape index (κ3) is 1.25. The van der Waals surface area contributed by atoms with Gasteiger partial charge in [0.05, 0.1) is 0 Å². The molecule has 1 saturated carbocycles. The van der Waals surface area contributed by atoms with Crippen LogP contribution in [-0.4, -0.2) is 0 Å². The molecule has 0 aromatic heterocycles. The van der Waals surface area contributed by atoms with Gasteiger partial charge in [0.25, 0.3) is 0 Å². The van der Waals surface area contributed by atoms with Gasteiger partial charge in [-0.1, -0.05) is 26.3 Å². The predicted octanol–water partition coefficient (Wildman–Crippen LogP) is 3.24. The first-order valence-electron chi connectivity index (χ1n) is 4.40. The van der Waals surface area contributed by atoms with Crippen molar-refractivity contribution < 1.29 is 0 Å². The van der Waals surface area contributed by atoms with Gasteiger partial charge in [0.2, 0.25) is 0 Å². The Morgan fingerprint density at radius 1 is 1.50 bits per heavy atom. The fourth-order valence-electron chi connectivity index (χ4n) is 2.07. The van der Waals surface area contributed by atoms with Crippen LogP contribution >= 0.6 is 0 Å². The van der Waals surface area contributed by atoms with Gasteiger partial charge in [0.15, 0.2) is 0 Å². The molecule has 0 amide bonds. The number of hydrogen-bond donors (Lipinski definition) is 0. The van der Waals surface area contributed by atoms with Gasteiger partial charge >= 0.3 is 0 Å². The number of allylic oxidation sites excluding steroid dienone is 1. The van der Waals surface area contributed by atoms with E-state index in [-0.39, 0.29) is 0 Å². The smallest absolute Gasteiger partial charge is 0.0322 e. The largest absolute Gasteiger partial charge is 0.103 e. The Balaban J connectivity index is 2.24. The van der Waals surface area contributed by atoms with Gasteiger partial charge in [0.1, 0.15) is 0 Å². The van der Waals surface area contributed by atoms with E-state index in [2.05, 4.69) is 26.5 Å².